The Balaban J connectivity index is 2.18. The second-order valence-corrected chi connectivity index (χ2v) is 8.06. The van der Waals surface area contributed by atoms with E-state index in [1.54, 1.807) is 24.3 Å². The molecule has 0 aliphatic heterocycles. The molecule has 0 aromatic carbocycles. The van der Waals surface area contributed by atoms with E-state index in [1.807, 2.05) is 17.7 Å². The van der Waals surface area contributed by atoms with Crippen LogP contribution in [0.2, 0.25) is 0 Å². The zero-order valence-corrected chi connectivity index (χ0v) is 13.2. The lowest BCUT2D eigenvalue weighted by atomic mass is 10.2. The van der Waals surface area contributed by atoms with Crippen molar-refractivity contribution in [2.75, 3.05) is 0 Å². The molecule has 7 heteroatoms. The van der Waals surface area contributed by atoms with Crippen molar-refractivity contribution in [2.45, 2.75) is 31.8 Å². The van der Waals surface area contributed by atoms with Gasteiger partial charge in [-0.25, -0.2) is 13.1 Å². The smallest absolute Gasteiger partial charge is 0.241 e. The standard InChI is InChI=1S/C12H16N2O2S3/c1-8-6-17-7-10(8)5-14-19(15,16)12-3-11(4-13)18-9(12)2/h3,6-7,14H,4-5,13H2,1-2H3. The van der Waals surface area contributed by atoms with Crippen molar-refractivity contribution in [1.29, 1.82) is 0 Å². The molecule has 0 saturated heterocycles. The Bertz CT molecular complexity index is 671. The lowest BCUT2D eigenvalue weighted by Gasteiger charge is -2.06. The lowest BCUT2D eigenvalue weighted by Crippen LogP contribution is -2.23. The fourth-order valence-corrected chi connectivity index (χ4v) is 5.09. The third-order valence-corrected chi connectivity index (χ3v) is 6.47. The fourth-order valence-electron chi connectivity index (χ4n) is 1.71. The van der Waals surface area contributed by atoms with Crippen LogP contribution in [0, 0.1) is 13.8 Å². The van der Waals surface area contributed by atoms with Crippen LogP contribution in [0.3, 0.4) is 0 Å². The van der Waals surface area contributed by atoms with Crippen molar-refractivity contribution in [3.63, 3.8) is 0 Å². The highest BCUT2D eigenvalue weighted by atomic mass is 32.2. The van der Waals surface area contributed by atoms with E-state index < -0.39 is 10.0 Å². The number of sulfonamides is 1. The molecule has 104 valence electrons. The Morgan fingerprint density at radius 2 is 2.05 bits per heavy atom. The van der Waals surface area contributed by atoms with E-state index in [0.29, 0.717) is 18.0 Å². The van der Waals surface area contributed by atoms with Crippen LogP contribution in [-0.2, 0) is 23.1 Å². The van der Waals surface area contributed by atoms with Crippen LogP contribution in [0.25, 0.3) is 0 Å². The van der Waals surface area contributed by atoms with Gasteiger partial charge in [0.1, 0.15) is 0 Å². The summed E-state index contributed by atoms with van der Waals surface area (Å²) in [6.45, 7) is 4.46. The Kier molecular flexibility index (Phi) is 4.42. The Hall–Kier alpha value is -0.730. The van der Waals surface area contributed by atoms with Gasteiger partial charge in [0.05, 0.1) is 4.90 Å². The van der Waals surface area contributed by atoms with E-state index in [9.17, 15) is 8.42 Å². The Morgan fingerprint density at radius 1 is 1.32 bits per heavy atom. The van der Waals surface area contributed by atoms with Gasteiger partial charge in [-0.05, 0) is 41.8 Å². The van der Waals surface area contributed by atoms with Gasteiger partial charge >= 0.3 is 0 Å². The fraction of sp³-hybridized carbons (Fsp3) is 0.333. The average molecular weight is 316 g/mol. The number of nitrogens with one attached hydrogen (secondary N) is 1. The first-order valence-electron chi connectivity index (χ1n) is 5.74. The maximum Gasteiger partial charge on any atom is 0.241 e. The predicted octanol–water partition coefficient (Wildman–Crippen LogP) is 2.36. The van der Waals surface area contributed by atoms with Crippen LogP contribution in [-0.4, -0.2) is 8.42 Å². The third-order valence-electron chi connectivity index (χ3n) is 2.83. The highest BCUT2D eigenvalue weighted by Crippen LogP contribution is 2.25. The molecule has 0 spiro atoms. The van der Waals surface area contributed by atoms with Crippen molar-refractivity contribution in [3.8, 4) is 0 Å². The molecule has 4 nitrogen and oxygen atoms in total. The molecule has 3 N–H and O–H groups in total. The van der Waals surface area contributed by atoms with Gasteiger partial charge < -0.3 is 5.73 Å². The molecule has 2 rings (SSSR count). The predicted molar refractivity (Wildman–Crippen MR) is 80.0 cm³/mol. The van der Waals surface area contributed by atoms with Crippen LogP contribution in [0.4, 0.5) is 0 Å². The molecule has 0 amide bonds. The molecule has 0 saturated carbocycles. The van der Waals surface area contributed by atoms with E-state index in [0.717, 1.165) is 20.9 Å². The van der Waals surface area contributed by atoms with Crippen LogP contribution in [0.1, 0.15) is 20.9 Å². The molecule has 0 aliphatic carbocycles. The second kappa shape index (κ2) is 5.72. The minimum absolute atomic E-state index is 0.324. The molecule has 0 atom stereocenters. The first-order chi connectivity index (χ1) is 8.94. The summed E-state index contributed by atoms with van der Waals surface area (Å²) in [6.07, 6.45) is 0. The molecule has 0 bridgehead atoms. The van der Waals surface area contributed by atoms with Crippen LogP contribution < -0.4 is 10.5 Å². The first kappa shape index (κ1) is 14.7. The molecular formula is C12H16N2O2S3. The topological polar surface area (TPSA) is 72.2 Å². The normalized spacial score (nSPS) is 11.9. The molecule has 0 radical (unpaired) electrons. The zero-order valence-electron chi connectivity index (χ0n) is 10.8. The second-order valence-electron chi connectivity index (χ2n) is 4.24. The van der Waals surface area contributed by atoms with Crippen molar-refractivity contribution in [1.82, 2.24) is 4.72 Å². The van der Waals surface area contributed by atoms with Crippen LogP contribution in [0.5, 0.6) is 0 Å². The summed E-state index contributed by atoms with van der Waals surface area (Å²) in [5.41, 5.74) is 7.67. The molecule has 2 heterocycles. The summed E-state index contributed by atoms with van der Waals surface area (Å²) >= 11 is 3.00. The minimum Gasteiger partial charge on any atom is -0.326 e. The Labute approximate surface area is 121 Å². The Morgan fingerprint density at radius 3 is 2.58 bits per heavy atom. The van der Waals surface area contributed by atoms with Gasteiger partial charge in [0.2, 0.25) is 10.0 Å². The highest BCUT2D eigenvalue weighted by molar-refractivity contribution is 7.89. The van der Waals surface area contributed by atoms with Gasteiger partial charge in [-0.3, -0.25) is 0 Å². The quantitative estimate of drug-likeness (QED) is 0.889. The summed E-state index contributed by atoms with van der Waals surface area (Å²) in [4.78, 5) is 1.99. The zero-order chi connectivity index (χ0) is 14.0. The molecule has 2 aromatic rings. The van der Waals surface area contributed by atoms with Crippen molar-refractivity contribution >= 4 is 32.7 Å². The molecule has 19 heavy (non-hydrogen) atoms. The van der Waals surface area contributed by atoms with Crippen molar-refractivity contribution in [2.24, 2.45) is 5.73 Å². The lowest BCUT2D eigenvalue weighted by molar-refractivity contribution is 0.581. The number of hydrogen-bond acceptors (Lipinski definition) is 5. The van der Waals surface area contributed by atoms with Gasteiger partial charge in [-0.15, -0.1) is 11.3 Å². The highest BCUT2D eigenvalue weighted by Gasteiger charge is 2.19. The maximum atomic E-state index is 12.2. The van der Waals surface area contributed by atoms with Crippen molar-refractivity contribution in [3.05, 3.63) is 37.7 Å². The molecular weight excluding hydrogens is 300 g/mol. The van der Waals surface area contributed by atoms with E-state index in [-0.39, 0.29) is 0 Å². The van der Waals surface area contributed by atoms with E-state index in [4.69, 9.17) is 5.73 Å². The van der Waals surface area contributed by atoms with Crippen molar-refractivity contribution < 1.29 is 8.42 Å². The van der Waals surface area contributed by atoms with Crippen LogP contribution >= 0.6 is 22.7 Å². The number of rotatable bonds is 5. The summed E-state index contributed by atoms with van der Waals surface area (Å²) in [5.74, 6) is 0. The summed E-state index contributed by atoms with van der Waals surface area (Å²) in [7, 11) is -3.46. The van der Waals surface area contributed by atoms with Crippen LogP contribution in [0.15, 0.2) is 21.7 Å². The van der Waals surface area contributed by atoms with Gasteiger partial charge in [0.25, 0.3) is 0 Å². The average Bonchev–Trinajstić information content (AvgIpc) is 2.93. The number of hydrogen-bond donors (Lipinski definition) is 2. The summed E-state index contributed by atoms with van der Waals surface area (Å²) in [6, 6.07) is 1.66. The minimum atomic E-state index is -3.46. The van der Waals surface area contributed by atoms with E-state index in [1.165, 1.54) is 11.3 Å². The number of thiophene rings is 2. The summed E-state index contributed by atoms with van der Waals surface area (Å²) < 4.78 is 27.1. The van der Waals surface area contributed by atoms with Gasteiger partial charge in [0.15, 0.2) is 0 Å². The maximum absolute atomic E-state index is 12.2. The van der Waals surface area contributed by atoms with E-state index in [2.05, 4.69) is 4.72 Å². The number of aryl methyl sites for hydroxylation is 2. The summed E-state index contributed by atoms with van der Waals surface area (Å²) in [5, 5.41) is 3.97. The van der Waals surface area contributed by atoms with Gasteiger partial charge in [-0.2, -0.15) is 11.3 Å². The molecule has 0 unspecified atom stereocenters. The molecule has 0 fully saturated rings. The largest absolute Gasteiger partial charge is 0.326 e. The monoisotopic (exact) mass is 316 g/mol. The number of nitrogens with two attached hydrogens (primary N) is 1. The molecule has 0 aliphatic rings. The SMILES string of the molecule is Cc1cscc1CNS(=O)(=O)c1cc(CN)sc1C. The van der Waals surface area contributed by atoms with Gasteiger partial charge in [-0.1, -0.05) is 0 Å². The third kappa shape index (κ3) is 3.24. The van der Waals surface area contributed by atoms with E-state index >= 15 is 0 Å². The first-order valence-corrected chi connectivity index (χ1v) is 8.99. The molecule has 2 aromatic heterocycles. The van der Waals surface area contributed by atoms with Gasteiger partial charge in [0, 0.05) is 22.8 Å².